The predicted octanol–water partition coefficient (Wildman–Crippen LogP) is 5.97. The van der Waals surface area contributed by atoms with Gasteiger partial charge in [-0.05, 0) is 60.9 Å². The maximum Gasteiger partial charge on any atom is 0.269 e. The summed E-state index contributed by atoms with van der Waals surface area (Å²) >= 11 is 7.59. The minimum Gasteiger partial charge on any atom is -0.283 e. The van der Waals surface area contributed by atoms with Crippen molar-refractivity contribution in [1.82, 2.24) is 9.88 Å². The molecule has 1 saturated heterocycles. The van der Waals surface area contributed by atoms with Crippen LogP contribution in [0.4, 0.5) is 11.4 Å². The molecule has 2 fully saturated rings. The molecule has 1 aromatic carbocycles. The third kappa shape index (κ3) is 4.50. The Kier molecular flexibility index (Phi) is 6.38. The zero-order chi connectivity index (χ0) is 22.0. The van der Waals surface area contributed by atoms with Gasteiger partial charge in [-0.15, -0.1) is 0 Å². The molecule has 0 unspecified atom stereocenters. The first-order chi connectivity index (χ1) is 15.0. The topological polar surface area (TPSA) is 88.7 Å². The van der Waals surface area contributed by atoms with E-state index in [2.05, 4.69) is 4.98 Å². The lowest BCUT2D eigenvalue weighted by atomic mass is 9.94. The van der Waals surface area contributed by atoms with Crippen LogP contribution in [0.15, 0.2) is 52.6 Å². The van der Waals surface area contributed by atoms with Gasteiger partial charge in [-0.2, -0.15) is 0 Å². The standard InChI is InChI=1S/C22H21ClN4O3S/c1-14(15-7-9-17(10-8-15)27(29)30)20-21(28)26(16-5-3-2-4-6-16)22(31-20)25-19-11-12-24-13-18(19)23/h7-13,16H,2-6H2,1H3/b20-14-,25-22?. The number of amides is 1. The van der Waals surface area contributed by atoms with Gasteiger partial charge in [0, 0.05) is 30.6 Å². The lowest BCUT2D eigenvalue weighted by Gasteiger charge is -2.30. The minimum absolute atomic E-state index is 0.0189. The van der Waals surface area contributed by atoms with Crippen molar-refractivity contribution in [1.29, 1.82) is 0 Å². The molecule has 9 heteroatoms. The average molecular weight is 457 g/mol. The van der Waals surface area contributed by atoms with Gasteiger partial charge in [-0.1, -0.05) is 30.9 Å². The van der Waals surface area contributed by atoms with Crippen molar-refractivity contribution < 1.29 is 9.72 Å². The largest absolute Gasteiger partial charge is 0.283 e. The predicted molar refractivity (Wildman–Crippen MR) is 123 cm³/mol. The van der Waals surface area contributed by atoms with E-state index in [1.807, 2.05) is 11.8 Å². The normalized spacial score (nSPS) is 20.4. The Bertz CT molecular complexity index is 1080. The number of carbonyl (C=O) groups is 1. The van der Waals surface area contributed by atoms with E-state index in [0.29, 0.717) is 20.8 Å². The van der Waals surface area contributed by atoms with E-state index in [4.69, 9.17) is 16.6 Å². The number of nitrogens with zero attached hydrogens (tertiary/aromatic N) is 4. The SMILES string of the molecule is C/C(=C1/SC(=Nc2ccncc2Cl)N(C2CCCCC2)C1=O)c1ccc([N+](=O)[O-])cc1. The summed E-state index contributed by atoms with van der Waals surface area (Å²) in [6, 6.07) is 8.09. The smallest absolute Gasteiger partial charge is 0.269 e. The molecule has 7 nitrogen and oxygen atoms in total. The highest BCUT2D eigenvalue weighted by molar-refractivity contribution is 8.18. The highest BCUT2D eigenvalue weighted by atomic mass is 35.5. The van der Waals surface area contributed by atoms with E-state index in [9.17, 15) is 14.9 Å². The van der Waals surface area contributed by atoms with E-state index in [1.165, 1.54) is 36.5 Å². The number of nitro benzene ring substituents is 1. The zero-order valence-corrected chi connectivity index (χ0v) is 18.5. The van der Waals surface area contributed by atoms with Crippen LogP contribution in [-0.4, -0.2) is 31.9 Å². The van der Waals surface area contributed by atoms with E-state index < -0.39 is 4.92 Å². The van der Waals surface area contributed by atoms with Gasteiger partial charge in [0.05, 0.1) is 20.5 Å². The van der Waals surface area contributed by atoms with Crippen molar-refractivity contribution in [2.75, 3.05) is 0 Å². The lowest BCUT2D eigenvalue weighted by molar-refractivity contribution is -0.384. The van der Waals surface area contributed by atoms with Gasteiger partial charge in [0.1, 0.15) is 0 Å². The third-order valence-corrected chi connectivity index (χ3v) is 7.02. The number of halogens is 1. The van der Waals surface area contributed by atoms with Crippen molar-refractivity contribution >= 4 is 51.4 Å². The number of carbonyl (C=O) groups excluding carboxylic acids is 1. The van der Waals surface area contributed by atoms with Crippen LogP contribution in [0.3, 0.4) is 0 Å². The van der Waals surface area contributed by atoms with Gasteiger partial charge in [0.15, 0.2) is 5.17 Å². The summed E-state index contributed by atoms with van der Waals surface area (Å²) in [5, 5.41) is 12.0. The van der Waals surface area contributed by atoms with Crippen LogP contribution in [0.1, 0.15) is 44.6 Å². The molecule has 160 valence electrons. The Morgan fingerprint density at radius 3 is 2.58 bits per heavy atom. The molecule has 1 aliphatic heterocycles. The second kappa shape index (κ2) is 9.20. The number of hydrogen-bond acceptors (Lipinski definition) is 6. The molecule has 1 aliphatic carbocycles. The molecule has 1 amide bonds. The van der Waals surface area contributed by atoms with E-state index in [0.717, 1.165) is 36.8 Å². The number of aromatic nitrogens is 1. The maximum absolute atomic E-state index is 13.5. The molecular formula is C22H21ClN4O3S. The van der Waals surface area contributed by atoms with Crippen molar-refractivity contribution in [3.05, 3.63) is 68.3 Å². The number of non-ortho nitro benzene ring substituents is 1. The summed E-state index contributed by atoms with van der Waals surface area (Å²) in [5.74, 6) is -0.0725. The Hall–Kier alpha value is -2.71. The first-order valence-electron chi connectivity index (χ1n) is 10.1. The Balaban J connectivity index is 1.74. The van der Waals surface area contributed by atoms with Crippen molar-refractivity contribution in [2.24, 2.45) is 4.99 Å². The molecule has 2 aliphatic rings. The highest BCUT2D eigenvalue weighted by Gasteiger charge is 2.39. The molecule has 1 saturated carbocycles. The number of rotatable bonds is 4. The van der Waals surface area contributed by atoms with Gasteiger partial charge in [0.25, 0.3) is 11.6 Å². The van der Waals surface area contributed by atoms with Gasteiger partial charge in [-0.25, -0.2) is 4.99 Å². The fourth-order valence-electron chi connectivity index (χ4n) is 3.88. The van der Waals surface area contributed by atoms with E-state index in [1.54, 1.807) is 24.4 Å². The number of nitro groups is 1. The molecule has 0 bridgehead atoms. The third-order valence-electron chi connectivity index (χ3n) is 5.57. The van der Waals surface area contributed by atoms with Crippen molar-refractivity contribution in [3.8, 4) is 0 Å². The summed E-state index contributed by atoms with van der Waals surface area (Å²) in [5.41, 5.74) is 2.14. The Morgan fingerprint density at radius 2 is 1.94 bits per heavy atom. The molecule has 0 radical (unpaired) electrons. The van der Waals surface area contributed by atoms with Gasteiger partial charge >= 0.3 is 0 Å². The van der Waals surface area contributed by atoms with E-state index in [-0.39, 0.29) is 17.6 Å². The van der Waals surface area contributed by atoms with Crippen LogP contribution in [0.2, 0.25) is 5.02 Å². The van der Waals surface area contributed by atoms with Crippen LogP contribution in [0, 0.1) is 10.1 Å². The summed E-state index contributed by atoms with van der Waals surface area (Å²) in [4.78, 5) is 35.1. The summed E-state index contributed by atoms with van der Waals surface area (Å²) < 4.78 is 0. The molecular weight excluding hydrogens is 436 g/mol. The number of benzene rings is 1. The lowest BCUT2D eigenvalue weighted by Crippen LogP contribution is -2.40. The Labute approximate surface area is 189 Å². The number of pyridine rings is 1. The molecule has 4 rings (SSSR count). The van der Waals surface area contributed by atoms with Gasteiger partial charge in [0.2, 0.25) is 0 Å². The monoisotopic (exact) mass is 456 g/mol. The summed E-state index contributed by atoms with van der Waals surface area (Å²) in [7, 11) is 0. The molecule has 0 atom stereocenters. The zero-order valence-electron chi connectivity index (χ0n) is 17.0. The molecule has 1 aromatic heterocycles. The number of allylic oxidation sites excluding steroid dienone is 1. The van der Waals surface area contributed by atoms with Crippen molar-refractivity contribution in [3.63, 3.8) is 0 Å². The first kappa shape index (κ1) is 21.5. The number of hydrogen-bond donors (Lipinski definition) is 0. The fourth-order valence-corrected chi connectivity index (χ4v) is 5.16. The van der Waals surface area contributed by atoms with E-state index >= 15 is 0 Å². The van der Waals surface area contributed by atoms with Gasteiger partial charge < -0.3 is 0 Å². The number of thioether (sulfide) groups is 1. The number of amidine groups is 1. The van der Waals surface area contributed by atoms with Crippen LogP contribution < -0.4 is 0 Å². The second-order valence-electron chi connectivity index (χ2n) is 7.55. The summed E-state index contributed by atoms with van der Waals surface area (Å²) in [6.45, 7) is 1.86. The van der Waals surface area contributed by atoms with Crippen LogP contribution in [0.25, 0.3) is 5.57 Å². The minimum atomic E-state index is -0.435. The summed E-state index contributed by atoms with van der Waals surface area (Å²) in [6.07, 6.45) is 8.39. The van der Waals surface area contributed by atoms with Crippen LogP contribution in [0.5, 0.6) is 0 Å². The molecule has 0 spiro atoms. The Morgan fingerprint density at radius 1 is 1.23 bits per heavy atom. The second-order valence-corrected chi connectivity index (χ2v) is 8.93. The molecule has 2 heterocycles. The molecule has 31 heavy (non-hydrogen) atoms. The fraction of sp³-hybridized carbons (Fsp3) is 0.318. The quantitative estimate of drug-likeness (QED) is 0.321. The highest BCUT2D eigenvalue weighted by Crippen LogP contribution is 2.41. The number of aliphatic imine (C=N–C) groups is 1. The average Bonchev–Trinajstić information content (AvgIpc) is 3.11. The maximum atomic E-state index is 13.5. The van der Waals surface area contributed by atoms with Gasteiger partial charge in [-0.3, -0.25) is 24.8 Å². The van der Waals surface area contributed by atoms with Crippen molar-refractivity contribution in [2.45, 2.75) is 45.1 Å². The molecule has 0 N–H and O–H groups in total. The molecule has 2 aromatic rings. The van der Waals surface area contributed by atoms with Crippen LogP contribution >= 0.6 is 23.4 Å². The first-order valence-corrected chi connectivity index (χ1v) is 11.3. The van der Waals surface area contributed by atoms with Crippen LogP contribution in [-0.2, 0) is 4.79 Å².